The van der Waals surface area contributed by atoms with E-state index in [0.717, 1.165) is 0 Å². The molecule has 0 amide bonds. The van der Waals surface area contributed by atoms with Crippen LogP contribution in [0.5, 0.6) is 0 Å². The van der Waals surface area contributed by atoms with E-state index in [9.17, 15) is 18.3 Å². The predicted molar refractivity (Wildman–Crippen MR) is 39.3 cm³/mol. The van der Waals surface area contributed by atoms with Crippen LogP contribution in [0.4, 0.5) is 13.2 Å². The zero-order valence-corrected chi connectivity index (χ0v) is 8.04. The lowest BCUT2D eigenvalue weighted by Crippen LogP contribution is -2.40. The molecule has 0 saturated heterocycles. The number of hydrogen-bond donors (Lipinski definition) is 0. The van der Waals surface area contributed by atoms with Gasteiger partial charge in [0.1, 0.15) is 0 Å². The molecular formula is C6H9BrF3O2. The summed E-state index contributed by atoms with van der Waals surface area (Å²) in [6.07, 6.45) is -3.80. The highest BCUT2D eigenvalue weighted by Gasteiger charge is 2.55. The second-order valence-corrected chi connectivity index (χ2v) is 3.28. The SMILES string of the molecule is CCCCOC([O])(Br)C(F)(F)F. The zero-order valence-electron chi connectivity index (χ0n) is 6.45. The Morgan fingerprint density at radius 3 is 2.25 bits per heavy atom. The molecule has 0 heterocycles. The van der Waals surface area contributed by atoms with Crippen molar-refractivity contribution in [1.29, 1.82) is 0 Å². The summed E-state index contributed by atoms with van der Waals surface area (Å²) in [6.45, 7) is 1.60. The molecule has 0 aliphatic heterocycles. The van der Waals surface area contributed by atoms with Crippen molar-refractivity contribution in [1.82, 2.24) is 0 Å². The molecule has 0 saturated carbocycles. The fraction of sp³-hybridized carbons (Fsp3) is 1.00. The Bertz CT molecular complexity index is 135. The number of hydrogen-bond acceptors (Lipinski definition) is 1. The third-order valence-corrected chi connectivity index (χ3v) is 1.80. The van der Waals surface area contributed by atoms with E-state index >= 15 is 0 Å². The first kappa shape index (κ1) is 12.2. The Balaban J connectivity index is 3.88. The van der Waals surface area contributed by atoms with E-state index in [0.29, 0.717) is 12.8 Å². The van der Waals surface area contributed by atoms with Crippen LogP contribution in [0.2, 0.25) is 0 Å². The van der Waals surface area contributed by atoms with Crippen LogP contribution in [0.1, 0.15) is 19.8 Å². The van der Waals surface area contributed by atoms with E-state index < -0.39 is 10.9 Å². The molecule has 0 aromatic carbocycles. The monoisotopic (exact) mass is 249 g/mol. The molecule has 0 aliphatic rings. The molecule has 73 valence electrons. The number of rotatable bonds is 4. The molecule has 0 aliphatic carbocycles. The second kappa shape index (κ2) is 4.43. The molecular weight excluding hydrogens is 241 g/mol. The van der Waals surface area contributed by atoms with Gasteiger partial charge in [0.15, 0.2) is 0 Å². The van der Waals surface area contributed by atoms with Crippen molar-refractivity contribution in [3.05, 3.63) is 0 Å². The first-order chi connectivity index (χ1) is 5.31. The van der Waals surface area contributed by atoms with Gasteiger partial charge in [-0.2, -0.15) is 18.3 Å². The molecule has 0 rings (SSSR count). The van der Waals surface area contributed by atoms with Crippen molar-refractivity contribution in [2.24, 2.45) is 0 Å². The summed E-state index contributed by atoms with van der Waals surface area (Å²) in [5.74, 6) is 0. The van der Waals surface area contributed by atoms with E-state index in [1.807, 2.05) is 15.9 Å². The minimum Gasteiger partial charge on any atom is -0.332 e. The average molecular weight is 250 g/mol. The smallest absolute Gasteiger partial charge is 0.332 e. The van der Waals surface area contributed by atoms with E-state index in [4.69, 9.17) is 0 Å². The van der Waals surface area contributed by atoms with Crippen LogP contribution < -0.4 is 0 Å². The minimum absolute atomic E-state index is 0.190. The van der Waals surface area contributed by atoms with Crippen molar-refractivity contribution in [2.75, 3.05) is 6.61 Å². The van der Waals surface area contributed by atoms with Gasteiger partial charge in [-0.25, -0.2) is 0 Å². The summed E-state index contributed by atoms with van der Waals surface area (Å²) in [5.41, 5.74) is 0. The molecule has 0 N–H and O–H groups in total. The fourth-order valence-corrected chi connectivity index (χ4v) is 0.591. The summed E-state index contributed by atoms with van der Waals surface area (Å²) in [6, 6.07) is 0. The highest BCUT2D eigenvalue weighted by molar-refractivity contribution is 9.10. The number of halogens is 4. The zero-order chi connectivity index (χ0) is 9.83. The number of ether oxygens (including phenoxy) is 1. The Kier molecular flexibility index (Phi) is 4.50. The van der Waals surface area contributed by atoms with Gasteiger partial charge in [0.25, 0.3) is 0 Å². The van der Waals surface area contributed by atoms with Crippen molar-refractivity contribution < 1.29 is 23.0 Å². The fourth-order valence-electron chi connectivity index (χ4n) is 0.430. The Morgan fingerprint density at radius 2 is 1.92 bits per heavy atom. The van der Waals surface area contributed by atoms with Crippen molar-refractivity contribution in [2.45, 2.75) is 30.6 Å². The van der Waals surface area contributed by atoms with Crippen LogP contribution in [-0.4, -0.2) is 17.5 Å². The topological polar surface area (TPSA) is 29.1 Å². The molecule has 1 atom stereocenters. The van der Waals surface area contributed by atoms with Gasteiger partial charge in [-0.3, -0.25) is 0 Å². The second-order valence-electron chi connectivity index (χ2n) is 2.24. The quantitative estimate of drug-likeness (QED) is 0.428. The Hall–Kier alpha value is 0.190. The van der Waals surface area contributed by atoms with Crippen molar-refractivity contribution in [3.63, 3.8) is 0 Å². The van der Waals surface area contributed by atoms with Crippen LogP contribution in [0.15, 0.2) is 0 Å². The normalized spacial score (nSPS) is 17.5. The van der Waals surface area contributed by atoms with Gasteiger partial charge in [-0.05, 0) is 22.4 Å². The standard InChI is InChI=1S/C6H9BrF3O2/c1-2-3-4-12-5(7,11)6(8,9)10/h2-4H2,1H3. The summed E-state index contributed by atoms with van der Waals surface area (Å²) in [4.78, 5) is 0. The van der Waals surface area contributed by atoms with E-state index in [2.05, 4.69) is 4.74 Å². The summed E-state index contributed by atoms with van der Waals surface area (Å²) in [5, 5.41) is 10.6. The van der Waals surface area contributed by atoms with Crippen LogP contribution in [0.25, 0.3) is 0 Å². The first-order valence-electron chi connectivity index (χ1n) is 3.41. The minimum atomic E-state index is -4.92. The van der Waals surface area contributed by atoms with E-state index in [1.165, 1.54) is 0 Å². The Morgan fingerprint density at radius 1 is 1.42 bits per heavy atom. The lowest BCUT2D eigenvalue weighted by Gasteiger charge is -2.21. The van der Waals surface area contributed by atoms with Gasteiger partial charge >= 0.3 is 10.9 Å². The van der Waals surface area contributed by atoms with Crippen molar-refractivity contribution in [3.8, 4) is 0 Å². The highest BCUT2D eigenvalue weighted by atomic mass is 79.9. The predicted octanol–water partition coefficient (Wildman–Crippen LogP) is 2.84. The Labute approximate surface area is 76.8 Å². The third-order valence-electron chi connectivity index (χ3n) is 1.12. The molecule has 1 radical (unpaired) electrons. The lowest BCUT2D eigenvalue weighted by molar-refractivity contribution is -0.332. The summed E-state index contributed by atoms with van der Waals surface area (Å²) < 4.78 is 36.0. The third kappa shape index (κ3) is 3.73. The molecule has 0 aromatic heterocycles. The van der Waals surface area contributed by atoms with E-state index in [-0.39, 0.29) is 6.61 Å². The van der Waals surface area contributed by atoms with Gasteiger partial charge < -0.3 is 4.74 Å². The van der Waals surface area contributed by atoms with Crippen LogP contribution in [0.3, 0.4) is 0 Å². The van der Waals surface area contributed by atoms with Crippen LogP contribution >= 0.6 is 15.9 Å². The van der Waals surface area contributed by atoms with Gasteiger partial charge in [-0.15, -0.1) is 0 Å². The molecule has 12 heavy (non-hydrogen) atoms. The molecule has 6 heteroatoms. The van der Waals surface area contributed by atoms with Crippen LogP contribution in [-0.2, 0) is 9.84 Å². The molecule has 0 aromatic rings. The number of alkyl halides is 4. The largest absolute Gasteiger partial charge is 0.457 e. The van der Waals surface area contributed by atoms with Gasteiger partial charge in [0.2, 0.25) is 0 Å². The lowest BCUT2D eigenvalue weighted by atomic mass is 10.4. The molecule has 0 bridgehead atoms. The first-order valence-corrected chi connectivity index (χ1v) is 4.20. The molecule has 2 nitrogen and oxygen atoms in total. The van der Waals surface area contributed by atoms with Crippen molar-refractivity contribution >= 4 is 15.9 Å². The van der Waals surface area contributed by atoms with Gasteiger partial charge in [0, 0.05) is 0 Å². The summed E-state index contributed by atoms with van der Waals surface area (Å²) in [7, 11) is 0. The van der Waals surface area contributed by atoms with Gasteiger partial charge in [-0.1, -0.05) is 13.3 Å². The maximum absolute atomic E-state index is 11.8. The van der Waals surface area contributed by atoms with Gasteiger partial charge in [0.05, 0.1) is 6.61 Å². The molecule has 0 spiro atoms. The maximum atomic E-state index is 11.8. The maximum Gasteiger partial charge on any atom is 0.457 e. The van der Waals surface area contributed by atoms with Crippen LogP contribution in [0, 0.1) is 0 Å². The highest BCUT2D eigenvalue weighted by Crippen LogP contribution is 2.37. The summed E-state index contributed by atoms with van der Waals surface area (Å²) >= 11 is 1.93. The number of unbranched alkanes of at least 4 members (excludes halogenated alkanes) is 1. The molecule has 0 fully saturated rings. The van der Waals surface area contributed by atoms with E-state index in [1.54, 1.807) is 6.92 Å². The average Bonchev–Trinajstić information content (AvgIpc) is 1.85. The molecule has 1 unspecified atom stereocenters.